The Hall–Kier alpha value is -1.81. The van der Waals surface area contributed by atoms with Crippen LogP contribution in [0, 0.1) is 5.92 Å². The molecule has 0 unspecified atom stereocenters. The summed E-state index contributed by atoms with van der Waals surface area (Å²) in [4.78, 5) is 11.8. The van der Waals surface area contributed by atoms with Crippen LogP contribution in [0.15, 0.2) is 53.0 Å². The summed E-state index contributed by atoms with van der Waals surface area (Å²) < 4.78 is 1.08. The van der Waals surface area contributed by atoms with E-state index < -0.39 is 0 Å². The van der Waals surface area contributed by atoms with Gasteiger partial charge in [0.05, 0.1) is 0 Å². The molecule has 3 rings (SSSR count). The van der Waals surface area contributed by atoms with E-state index in [1.807, 2.05) is 36.4 Å². The molecule has 0 bridgehead atoms. The number of halogens is 1. The first-order valence-electron chi connectivity index (χ1n) is 7.10. The smallest absolute Gasteiger partial charge is 0.227 e. The van der Waals surface area contributed by atoms with Crippen molar-refractivity contribution in [3.63, 3.8) is 0 Å². The van der Waals surface area contributed by atoms with Gasteiger partial charge in [0.1, 0.15) is 0 Å². The minimum Gasteiger partial charge on any atom is -0.381 e. The van der Waals surface area contributed by atoms with E-state index in [-0.39, 0.29) is 11.8 Å². The van der Waals surface area contributed by atoms with Crippen molar-refractivity contribution in [3.8, 4) is 0 Å². The van der Waals surface area contributed by atoms with Gasteiger partial charge in [-0.15, -0.1) is 0 Å². The molecule has 0 radical (unpaired) electrons. The number of nitrogens with one attached hydrogen (secondary N) is 2. The topological polar surface area (TPSA) is 41.1 Å². The summed E-state index contributed by atoms with van der Waals surface area (Å²) in [6.07, 6.45) is 2.04. The van der Waals surface area contributed by atoms with Crippen LogP contribution in [-0.4, -0.2) is 5.91 Å². The average Bonchev–Trinajstić information content (AvgIpc) is 3.30. The number of carbonyl (C=O) groups excluding carboxylic acids is 1. The predicted octanol–water partition coefficient (Wildman–Crippen LogP) is 4.41. The Morgan fingerprint density at radius 3 is 2.62 bits per heavy atom. The van der Waals surface area contributed by atoms with Crippen molar-refractivity contribution >= 4 is 33.2 Å². The third-order valence-electron chi connectivity index (χ3n) is 3.46. The maximum absolute atomic E-state index is 11.8. The molecule has 0 aromatic heterocycles. The maximum Gasteiger partial charge on any atom is 0.227 e. The number of amides is 1. The lowest BCUT2D eigenvalue weighted by Gasteiger charge is -2.10. The first kappa shape index (κ1) is 14.1. The van der Waals surface area contributed by atoms with Gasteiger partial charge in [-0.3, -0.25) is 4.79 Å². The minimum absolute atomic E-state index is 0.138. The normalized spacial score (nSPS) is 13.8. The summed E-state index contributed by atoms with van der Waals surface area (Å²) in [5.74, 6) is 0.363. The Morgan fingerprint density at radius 1 is 1.10 bits per heavy atom. The van der Waals surface area contributed by atoms with Crippen LogP contribution in [0.3, 0.4) is 0 Å². The van der Waals surface area contributed by atoms with Crippen LogP contribution >= 0.6 is 15.9 Å². The van der Waals surface area contributed by atoms with Crippen molar-refractivity contribution in [2.45, 2.75) is 19.4 Å². The van der Waals surface area contributed by atoms with Gasteiger partial charge in [-0.2, -0.15) is 0 Å². The number of hydrogen-bond donors (Lipinski definition) is 2. The number of carbonyl (C=O) groups is 1. The predicted molar refractivity (Wildman–Crippen MR) is 89.3 cm³/mol. The van der Waals surface area contributed by atoms with Gasteiger partial charge in [0.15, 0.2) is 0 Å². The van der Waals surface area contributed by atoms with E-state index in [0.29, 0.717) is 0 Å². The molecule has 0 aliphatic heterocycles. The molecule has 108 valence electrons. The molecule has 0 heterocycles. The van der Waals surface area contributed by atoms with Gasteiger partial charge in [-0.25, -0.2) is 0 Å². The van der Waals surface area contributed by atoms with Crippen LogP contribution in [0.1, 0.15) is 18.4 Å². The van der Waals surface area contributed by atoms with E-state index in [1.165, 1.54) is 5.56 Å². The molecule has 1 fully saturated rings. The first-order chi connectivity index (χ1) is 10.2. The molecule has 1 amide bonds. The lowest BCUT2D eigenvalue weighted by molar-refractivity contribution is -0.117. The summed E-state index contributed by atoms with van der Waals surface area (Å²) in [5.41, 5.74) is 3.06. The fraction of sp³-hybridized carbons (Fsp3) is 0.235. The molecular weight excluding hydrogens is 328 g/mol. The van der Waals surface area contributed by atoms with E-state index in [0.717, 1.165) is 35.2 Å². The molecule has 21 heavy (non-hydrogen) atoms. The highest BCUT2D eigenvalue weighted by atomic mass is 79.9. The highest BCUT2D eigenvalue weighted by Crippen LogP contribution is 2.30. The minimum atomic E-state index is 0.138. The van der Waals surface area contributed by atoms with Gasteiger partial charge >= 0.3 is 0 Å². The van der Waals surface area contributed by atoms with Crippen LogP contribution in [0.2, 0.25) is 0 Å². The number of rotatable bonds is 5. The number of benzene rings is 2. The summed E-state index contributed by atoms with van der Waals surface area (Å²) in [7, 11) is 0. The molecule has 3 nitrogen and oxygen atoms in total. The summed E-state index contributed by atoms with van der Waals surface area (Å²) in [6, 6.07) is 16.0. The lowest BCUT2D eigenvalue weighted by Crippen LogP contribution is -2.13. The Morgan fingerprint density at radius 2 is 1.86 bits per heavy atom. The van der Waals surface area contributed by atoms with Crippen molar-refractivity contribution in [2.75, 3.05) is 10.6 Å². The maximum atomic E-state index is 11.8. The van der Waals surface area contributed by atoms with Crippen LogP contribution in [0.4, 0.5) is 11.4 Å². The zero-order chi connectivity index (χ0) is 14.7. The highest BCUT2D eigenvalue weighted by molar-refractivity contribution is 9.10. The molecule has 0 spiro atoms. The largest absolute Gasteiger partial charge is 0.381 e. The first-order valence-corrected chi connectivity index (χ1v) is 7.89. The summed E-state index contributed by atoms with van der Waals surface area (Å²) >= 11 is 3.47. The average molecular weight is 345 g/mol. The zero-order valence-electron chi connectivity index (χ0n) is 11.6. The van der Waals surface area contributed by atoms with Crippen molar-refractivity contribution in [2.24, 2.45) is 5.92 Å². The molecule has 2 N–H and O–H groups in total. The molecule has 4 heteroatoms. The molecule has 2 aromatic rings. The second kappa shape index (κ2) is 6.31. The van der Waals surface area contributed by atoms with Gasteiger partial charge in [0.25, 0.3) is 0 Å². The Kier molecular flexibility index (Phi) is 4.25. The molecule has 2 aromatic carbocycles. The summed E-state index contributed by atoms with van der Waals surface area (Å²) in [5, 5.41) is 6.34. The monoisotopic (exact) mass is 344 g/mol. The second-order valence-corrected chi connectivity index (χ2v) is 6.24. The van der Waals surface area contributed by atoms with Crippen LogP contribution in [0.25, 0.3) is 0 Å². The van der Waals surface area contributed by atoms with E-state index in [1.54, 1.807) is 0 Å². The molecule has 1 aliphatic rings. The van der Waals surface area contributed by atoms with Crippen molar-refractivity contribution in [3.05, 3.63) is 58.6 Å². The molecular formula is C17H17BrN2O. The van der Waals surface area contributed by atoms with Gasteiger partial charge in [-0.1, -0.05) is 34.1 Å². The molecule has 1 aliphatic carbocycles. The quantitative estimate of drug-likeness (QED) is 0.843. The zero-order valence-corrected chi connectivity index (χ0v) is 13.2. The Bertz CT molecular complexity index is 653. The SMILES string of the molecule is O=C(Nc1cccc(NCc2cccc(Br)c2)c1)C1CC1. The molecule has 1 saturated carbocycles. The van der Waals surface area contributed by atoms with Gasteiger partial charge in [0, 0.05) is 28.3 Å². The third-order valence-corrected chi connectivity index (χ3v) is 3.96. The second-order valence-electron chi connectivity index (χ2n) is 5.33. The van der Waals surface area contributed by atoms with Gasteiger partial charge in [0.2, 0.25) is 5.91 Å². The van der Waals surface area contributed by atoms with Crippen LogP contribution in [0.5, 0.6) is 0 Å². The van der Waals surface area contributed by atoms with Crippen molar-refractivity contribution < 1.29 is 4.79 Å². The highest BCUT2D eigenvalue weighted by Gasteiger charge is 2.29. The van der Waals surface area contributed by atoms with E-state index in [4.69, 9.17) is 0 Å². The number of anilines is 2. The fourth-order valence-corrected chi connectivity index (χ4v) is 2.59. The lowest BCUT2D eigenvalue weighted by atomic mass is 10.2. The van der Waals surface area contributed by atoms with Crippen molar-refractivity contribution in [1.29, 1.82) is 0 Å². The molecule has 0 atom stereocenters. The number of hydrogen-bond acceptors (Lipinski definition) is 2. The van der Waals surface area contributed by atoms with E-state index in [9.17, 15) is 4.79 Å². The van der Waals surface area contributed by atoms with E-state index in [2.05, 4.69) is 38.7 Å². The Labute approximate surface area is 132 Å². The van der Waals surface area contributed by atoms with Crippen LogP contribution < -0.4 is 10.6 Å². The summed E-state index contributed by atoms with van der Waals surface area (Å²) in [6.45, 7) is 0.749. The standard InChI is InChI=1S/C17H17BrN2O/c18-14-4-1-3-12(9-14)11-19-15-5-2-6-16(10-15)20-17(21)13-7-8-13/h1-6,9-10,13,19H,7-8,11H2,(H,20,21). The third kappa shape index (κ3) is 4.08. The molecule has 0 saturated heterocycles. The Balaban J connectivity index is 1.61. The van der Waals surface area contributed by atoms with Crippen molar-refractivity contribution in [1.82, 2.24) is 0 Å². The van der Waals surface area contributed by atoms with E-state index >= 15 is 0 Å². The van der Waals surface area contributed by atoms with Gasteiger partial charge in [-0.05, 0) is 48.7 Å². The fourth-order valence-electron chi connectivity index (χ4n) is 2.15. The van der Waals surface area contributed by atoms with Crippen LogP contribution in [-0.2, 0) is 11.3 Å². The van der Waals surface area contributed by atoms with Gasteiger partial charge < -0.3 is 10.6 Å².